The third kappa shape index (κ3) is 2.40. The fourth-order valence-corrected chi connectivity index (χ4v) is 3.29. The lowest BCUT2D eigenvalue weighted by Crippen LogP contribution is -2.58. The second-order valence-corrected chi connectivity index (χ2v) is 6.23. The molecule has 0 radical (unpaired) electrons. The number of para-hydroxylation sites is 2. The van der Waals surface area contributed by atoms with Crippen LogP contribution in [0.5, 0.6) is 0 Å². The molecule has 1 fully saturated rings. The number of nitrogens with one attached hydrogen (secondary N) is 2. The van der Waals surface area contributed by atoms with Gasteiger partial charge in [-0.3, -0.25) is 4.79 Å². The summed E-state index contributed by atoms with van der Waals surface area (Å²) >= 11 is 0. The summed E-state index contributed by atoms with van der Waals surface area (Å²) in [6.45, 7) is 3.48. The molecule has 118 valence electrons. The molecule has 1 spiro atoms. The number of rotatable bonds is 1. The van der Waals surface area contributed by atoms with Crippen molar-refractivity contribution < 1.29 is 4.79 Å². The van der Waals surface area contributed by atoms with Gasteiger partial charge in [-0.05, 0) is 44.0 Å². The van der Waals surface area contributed by atoms with E-state index in [1.54, 1.807) is 0 Å². The predicted octanol–water partition coefficient (Wildman–Crippen LogP) is 2.19. The summed E-state index contributed by atoms with van der Waals surface area (Å²) in [5.41, 5.74) is 2.24. The number of amides is 1. The average Bonchev–Trinajstić information content (AvgIpc) is 2.58. The Morgan fingerprint density at radius 2 is 1.78 bits per heavy atom. The molecule has 2 aromatic rings. The number of piperidine rings is 1. The third-order valence-corrected chi connectivity index (χ3v) is 4.71. The minimum Gasteiger partial charge on any atom is -0.369 e. The minimum absolute atomic E-state index is 0.0610. The molecular formula is C17H19N5O. The van der Waals surface area contributed by atoms with Crippen LogP contribution in [0.4, 0.5) is 17.2 Å². The Labute approximate surface area is 134 Å². The second kappa shape index (κ2) is 5.22. The van der Waals surface area contributed by atoms with Gasteiger partial charge in [-0.1, -0.05) is 12.1 Å². The zero-order valence-corrected chi connectivity index (χ0v) is 13.0. The minimum atomic E-state index is -0.525. The van der Waals surface area contributed by atoms with Gasteiger partial charge >= 0.3 is 0 Å². The Bertz CT molecular complexity index is 735. The SMILES string of the molecule is Cc1ccc(N2CCC3(CC2)Nc2ccccc2NC3=O)nn1. The van der Waals surface area contributed by atoms with Crippen LogP contribution in [0.1, 0.15) is 18.5 Å². The highest BCUT2D eigenvalue weighted by Crippen LogP contribution is 2.36. The van der Waals surface area contributed by atoms with Crippen LogP contribution in [-0.4, -0.2) is 34.7 Å². The Balaban J connectivity index is 1.52. The summed E-state index contributed by atoms with van der Waals surface area (Å²) in [6.07, 6.45) is 1.48. The van der Waals surface area contributed by atoms with Crippen molar-refractivity contribution in [2.45, 2.75) is 25.3 Å². The first kappa shape index (κ1) is 14.0. The van der Waals surface area contributed by atoms with E-state index in [-0.39, 0.29) is 5.91 Å². The molecule has 2 aliphatic rings. The summed E-state index contributed by atoms with van der Waals surface area (Å²) in [6, 6.07) is 11.8. The number of aromatic nitrogens is 2. The molecule has 6 heteroatoms. The fourth-order valence-electron chi connectivity index (χ4n) is 3.29. The van der Waals surface area contributed by atoms with Crippen LogP contribution in [0.25, 0.3) is 0 Å². The van der Waals surface area contributed by atoms with Gasteiger partial charge in [-0.25, -0.2) is 0 Å². The zero-order valence-electron chi connectivity index (χ0n) is 13.0. The molecule has 23 heavy (non-hydrogen) atoms. The second-order valence-electron chi connectivity index (χ2n) is 6.23. The lowest BCUT2D eigenvalue weighted by atomic mass is 9.84. The molecule has 0 atom stereocenters. The molecule has 1 aromatic heterocycles. The molecule has 1 aromatic carbocycles. The number of carbonyl (C=O) groups is 1. The highest BCUT2D eigenvalue weighted by Gasteiger charge is 2.44. The van der Waals surface area contributed by atoms with Gasteiger partial charge in [0.05, 0.1) is 17.1 Å². The van der Waals surface area contributed by atoms with Crippen molar-refractivity contribution in [3.63, 3.8) is 0 Å². The van der Waals surface area contributed by atoms with Gasteiger partial charge in [-0.2, -0.15) is 5.10 Å². The van der Waals surface area contributed by atoms with Crippen molar-refractivity contribution >= 4 is 23.1 Å². The number of fused-ring (bicyclic) bond motifs is 1. The molecular weight excluding hydrogens is 290 g/mol. The Morgan fingerprint density at radius 1 is 1.04 bits per heavy atom. The standard InChI is InChI=1S/C17H19N5O/c1-12-6-7-15(21-20-12)22-10-8-17(9-11-22)16(23)18-13-4-2-3-5-14(13)19-17/h2-7,19H,8-11H2,1H3,(H,18,23). The van der Waals surface area contributed by atoms with Crippen LogP contribution < -0.4 is 15.5 Å². The Morgan fingerprint density at radius 3 is 2.48 bits per heavy atom. The fraction of sp³-hybridized carbons (Fsp3) is 0.353. The quantitative estimate of drug-likeness (QED) is 0.845. The van der Waals surface area contributed by atoms with Crippen LogP contribution in [0.3, 0.4) is 0 Å². The molecule has 1 amide bonds. The van der Waals surface area contributed by atoms with Crippen LogP contribution in [0, 0.1) is 6.92 Å². The molecule has 2 N–H and O–H groups in total. The van der Waals surface area contributed by atoms with Crippen molar-refractivity contribution in [2.75, 3.05) is 28.6 Å². The maximum absolute atomic E-state index is 12.6. The molecule has 3 heterocycles. The van der Waals surface area contributed by atoms with E-state index >= 15 is 0 Å². The van der Waals surface area contributed by atoms with E-state index in [1.165, 1.54) is 0 Å². The highest BCUT2D eigenvalue weighted by atomic mass is 16.2. The van der Waals surface area contributed by atoms with Gasteiger partial charge < -0.3 is 15.5 Å². The van der Waals surface area contributed by atoms with Crippen LogP contribution in [0.15, 0.2) is 36.4 Å². The maximum Gasteiger partial charge on any atom is 0.250 e. The first-order chi connectivity index (χ1) is 11.2. The Kier molecular flexibility index (Phi) is 3.18. The van der Waals surface area contributed by atoms with Crippen molar-refractivity contribution in [1.82, 2.24) is 10.2 Å². The van der Waals surface area contributed by atoms with Gasteiger partial charge in [0.15, 0.2) is 5.82 Å². The molecule has 6 nitrogen and oxygen atoms in total. The van der Waals surface area contributed by atoms with Crippen LogP contribution >= 0.6 is 0 Å². The zero-order chi connectivity index (χ0) is 15.9. The van der Waals surface area contributed by atoms with E-state index in [0.717, 1.165) is 48.8 Å². The number of carbonyl (C=O) groups excluding carboxylic acids is 1. The van der Waals surface area contributed by atoms with Crippen LogP contribution in [-0.2, 0) is 4.79 Å². The van der Waals surface area contributed by atoms with E-state index in [0.29, 0.717) is 0 Å². The Hall–Kier alpha value is -2.63. The molecule has 0 unspecified atom stereocenters. The van der Waals surface area contributed by atoms with E-state index in [9.17, 15) is 4.79 Å². The largest absolute Gasteiger partial charge is 0.369 e. The van der Waals surface area contributed by atoms with Crippen molar-refractivity contribution in [1.29, 1.82) is 0 Å². The third-order valence-electron chi connectivity index (χ3n) is 4.71. The average molecular weight is 309 g/mol. The molecule has 1 saturated heterocycles. The van der Waals surface area contributed by atoms with Gasteiger partial charge in [-0.15, -0.1) is 5.10 Å². The topological polar surface area (TPSA) is 70.2 Å². The lowest BCUT2D eigenvalue weighted by molar-refractivity contribution is -0.121. The van der Waals surface area contributed by atoms with Gasteiger partial charge in [0.1, 0.15) is 5.54 Å². The number of anilines is 3. The number of benzene rings is 1. The van der Waals surface area contributed by atoms with Crippen molar-refractivity contribution in [3.8, 4) is 0 Å². The summed E-state index contributed by atoms with van der Waals surface area (Å²) in [4.78, 5) is 14.8. The van der Waals surface area contributed by atoms with Crippen molar-refractivity contribution in [2.24, 2.45) is 0 Å². The van der Waals surface area contributed by atoms with E-state index < -0.39 is 5.54 Å². The summed E-state index contributed by atoms with van der Waals surface area (Å²) in [5, 5.41) is 14.9. The van der Waals surface area contributed by atoms with E-state index in [4.69, 9.17) is 0 Å². The number of hydrogen-bond acceptors (Lipinski definition) is 5. The lowest BCUT2D eigenvalue weighted by Gasteiger charge is -2.44. The molecule has 2 aliphatic heterocycles. The number of nitrogens with zero attached hydrogens (tertiary/aromatic N) is 3. The van der Waals surface area contributed by atoms with E-state index in [2.05, 4.69) is 25.7 Å². The van der Waals surface area contributed by atoms with Gasteiger partial charge in [0.2, 0.25) is 5.91 Å². The maximum atomic E-state index is 12.6. The summed E-state index contributed by atoms with van der Waals surface area (Å²) < 4.78 is 0. The highest BCUT2D eigenvalue weighted by molar-refractivity contribution is 6.06. The molecule has 4 rings (SSSR count). The number of aryl methyl sites for hydroxylation is 1. The smallest absolute Gasteiger partial charge is 0.250 e. The van der Waals surface area contributed by atoms with Gasteiger partial charge in [0.25, 0.3) is 0 Å². The monoisotopic (exact) mass is 309 g/mol. The molecule has 0 aliphatic carbocycles. The van der Waals surface area contributed by atoms with Crippen molar-refractivity contribution in [3.05, 3.63) is 42.1 Å². The van der Waals surface area contributed by atoms with Crippen LogP contribution in [0.2, 0.25) is 0 Å². The molecule has 0 saturated carbocycles. The number of hydrogen-bond donors (Lipinski definition) is 2. The first-order valence-electron chi connectivity index (χ1n) is 7.90. The summed E-state index contributed by atoms with van der Waals surface area (Å²) in [5.74, 6) is 0.938. The molecule has 0 bridgehead atoms. The first-order valence-corrected chi connectivity index (χ1v) is 7.90. The summed E-state index contributed by atoms with van der Waals surface area (Å²) in [7, 11) is 0. The predicted molar refractivity (Wildman–Crippen MR) is 89.6 cm³/mol. The normalized spacial score (nSPS) is 19.0. The van der Waals surface area contributed by atoms with E-state index in [1.807, 2.05) is 43.3 Å². The van der Waals surface area contributed by atoms with Gasteiger partial charge in [0, 0.05) is 13.1 Å².